The molecule has 0 aliphatic heterocycles. The van der Waals surface area contributed by atoms with Gasteiger partial charge in [-0.3, -0.25) is 10.1 Å². The lowest BCUT2D eigenvalue weighted by Crippen LogP contribution is -2.14. The van der Waals surface area contributed by atoms with E-state index >= 15 is 0 Å². The monoisotopic (exact) mass is 432 g/mol. The number of carboxylic acids is 1. The number of rotatable bonds is 7. The second-order valence-corrected chi connectivity index (χ2v) is 7.07. The van der Waals surface area contributed by atoms with Crippen LogP contribution < -0.4 is 5.32 Å². The van der Waals surface area contributed by atoms with E-state index in [0.717, 1.165) is 16.9 Å². The standard InChI is InChI=1S/C19H20N4O6S/c1-5-29-18(28)15-10(3)20-19(30-15)21-16(25)14(11(4)24)23-22-13-7-6-9(2)8-12(13)17(26)27/h6-8,24H,5H2,1-4H3,(H,26,27)(H,20,21,25)/b14-11+,23-22?. The maximum Gasteiger partial charge on any atom is 0.350 e. The minimum atomic E-state index is -1.20. The molecule has 0 spiro atoms. The Labute approximate surface area is 175 Å². The van der Waals surface area contributed by atoms with E-state index in [0.29, 0.717) is 5.69 Å². The highest BCUT2D eigenvalue weighted by atomic mass is 32.1. The third-order valence-electron chi connectivity index (χ3n) is 3.68. The summed E-state index contributed by atoms with van der Waals surface area (Å²) in [5.74, 6) is -3.01. The average Bonchev–Trinajstić information content (AvgIpc) is 3.02. The number of aryl methyl sites for hydroxylation is 2. The number of benzene rings is 1. The number of nitrogens with one attached hydrogen (secondary N) is 1. The maximum atomic E-state index is 12.5. The van der Waals surface area contributed by atoms with Gasteiger partial charge in [-0.05, 0) is 39.8 Å². The molecule has 30 heavy (non-hydrogen) atoms. The molecule has 10 nitrogen and oxygen atoms in total. The number of esters is 1. The van der Waals surface area contributed by atoms with Gasteiger partial charge in [-0.1, -0.05) is 23.0 Å². The van der Waals surface area contributed by atoms with Crippen LogP contribution in [0.15, 0.2) is 39.9 Å². The highest BCUT2D eigenvalue weighted by molar-refractivity contribution is 7.17. The number of hydrogen-bond donors (Lipinski definition) is 3. The third kappa shape index (κ3) is 5.47. The summed E-state index contributed by atoms with van der Waals surface area (Å²) in [5, 5.41) is 29.2. The number of ether oxygens (including phenoxy) is 1. The summed E-state index contributed by atoms with van der Waals surface area (Å²) in [6.07, 6.45) is 0. The van der Waals surface area contributed by atoms with Crippen molar-refractivity contribution in [3.05, 3.63) is 51.4 Å². The fourth-order valence-electron chi connectivity index (χ4n) is 2.29. The fraction of sp³-hybridized carbons (Fsp3) is 0.263. The van der Waals surface area contributed by atoms with E-state index < -0.39 is 29.3 Å². The Morgan fingerprint density at radius 1 is 1.23 bits per heavy atom. The number of allylic oxidation sites excluding steroid dienone is 1. The van der Waals surface area contributed by atoms with Gasteiger partial charge in [-0.15, -0.1) is 10.2 Å². The molecule has 2 aromatic rings. The van der Waals surface area contributed by atoms with Gasteiger partial charge in [-0.25, -0.2) is 14.6 Å². The van der Waals surface area contributed by atoms with Crippen LogP contribution in [0.3, 0.4) is 0 Å². The van der Waals surface area contributed by atoms with E-state index in [9.17, 15) is 24.6 Å². The minimum absolute atomic E-state index is 0.0225. The van der Waals surface area contributed by atoms with Crippen LogP contribution >= 0.6 is 11.3 Å². The van der Waals surface area contributed by atoms with Crippen LogP contribution in [0, 0.1) is 13.8 Å². The lowest BCUT2D eigenvalue weighted by molar-refractivity contribution is -0.113. The molecule has 0 radical (unpaired) electrons. The molecule has 3 N–H and O–H groups in total. The largest absolute Gasteiger partial charge is 0.510 e. The van der Waals surface area contributed by atoms with Crippen molar-refractivity contribution < 1.29 is 29.3 Å². The van der Waals surface area contributed by atoms with Crippen molar-refractivity contribution in [1.29, 1.82) is 0 Å². The van der Waals surface area contributed by atoms with Crippen LogP contribution in [0.5, 0.6) is 0 Å². The van der Waals surface area contributed by atoms with E-state index in [-0.39, 0.29) is 27.9 Å². The second kappa shape index (κ2) is 9.74. The summed E-state index contributed by atoms with van der Waals surface area (Å²) in [6, 6.07) is 4.51. The summed E-state index contributed by atoms with van der Waals surface area (Å²) in [5.41, 5.74) is 0.595. The normalized spacial score (nSPS) is 11.9. The van der Waals surface area contributed by atoms with Crippen LogP contribution in [-0.2, 0) is 9.53 Å². The molecule has 0 aliphatic carbocycles. The number of anilines is 1. The lowest BCUT2D eigenvalue weighted by atomic mass is 10.1. The zero-order valence-corrected chi connectivity index (χ0v) is 17.5. The zero-order valence-electron chi connectivity index (χ0n) is 16.7. The summed E-state index contributed by atoms with van der Waals surface area (Å²) < 4.78 is 4.93. The van der Waals surface area contributed by atoms with Crippen LogP contribution in [-0.4, -0.2) is 39.6 Å². The van der Waals surface area contributed by atoms with Gasteiger partial charge in [0.1, 0.15) is 16.3 Å². The SMILES string of the molecule is CCOC(=O)c1sc(NC(=O)/C(N=Nc2ccc(C)cc2C(=O)O)=C(/C)O)nc1C. The first-order valence-corrected chi connectivity index (χ1v) is 9.57. The van der Waals surface area contributed by atoms with Gasteiger partial charge in [0.2, 0.25) is 0 Å². The quantitative estimate of drug-likeness (QED) is 0.257. The van der Waals surface area contributed by atoms with Gasteiger partial charge in [0.25, 0.3) is 5.91 Å². The molecule has 2 rings (SSSR count). The van der Waals surface area contributed by atoms with Gasteiger partial charge in [-0.2, -0.15) is 0 Å². The molecule has 0 fully saturated rings. The van der Waals surface area contributed by atoms with Crippen molar-refractivity contribution in [2.24, 2.45) is 10.2 Å². The smallest absolute Gasteiger partial charge is 0.350 e. The molecule has 0 bridgehead atoms. The number of amides is 1. The number of aromatic nitrogens is 1. The van der Waals surface area contributed by atoms with Crippen LogP contribution in [0.2, 0.25) is 0 Å². The van der Waals surface area contributed by atoms with E-state index in [1.54, 1.807) is 26.8 Å². The first-order chi connectivity index (χ1) is 14.1. The molecule has 1 aromatic carbocycles. The van der Waals surface area contributed by atoms with Crippen LogP contribution in [0.4, 0.5) is 10.8 Å². The molecule has 1 amide bonds. The van der Waals surface area contributed by atoms with Gasteiger partial charge in [0, 0.05) is 0 Å². The number of aliphatic hydroxyl groups is 1. The number of carbonyl (C=O) groups excluding carboxylic acids is 2. The number of carboxylic acid groups (broad SMARTS) is 1. The summed E-state index contributed by atoms with van der Waals surface area (Å²) >= 11 is 0.916. The van der Waals surface area contributed by atoms with Crippen molar-refractivity contribution >= 4 is 40.0 Å². The topological polar surface area (TPSA) is 151 Å². The fourth-order valence-corrected chi connectivity index (χ4v) is 3.14. The average molecular weight is 432 g/mol. The van der Waals surface area contributed by atoms with Crippen molar-refractivity contribution in [1.82, 2.24) is 4.98 Å². The predicted molar refractivity (Wildman–Crippen MR) is 109 cm³/mol. The lowest BCUT2D eigenvalue weighted by Gasteiger charge is -2.04. The molecule has 0 aliphatic rings. The van der Waals surface area contributed by atoms with Crippen molar-refractivity contribution in [3.63, 3.8) is 0 Å². The van der Waals surface area contributed by atoms with Crippen molar-refractivity contribution in [2.45, 2.75) is 27.7 Å². The Morgan fingerprint density at radius 2 is 1.93 bits per heavy atom. The molecule has 0 atom stereocenters. The first-order valence-electron chi connectivity index (χ1n) is 8.75. The highest BCUT2D eigenvalue weighted by Gasteiger charge is 2.20. The van der Waals surface area contributed by atoms with E-state index in [1.165, 1.54) is 19.1 Å². The molecule has 0 saturated carbocycles. The van der Waals surface area contributed by atoms with Gasteiger partial charge in [0.05, 0.1) is 17.9 Å². The predicted octanol–water partition coefficient (Wildman–Crippen LogP) is 4.15. The van der Waals surface area contributed by atoms with Crippen LogP contribution in [0.1, 0.15) is 45.1 Å². The number of aliphatic hydroxyl groups excluding tert-OH is 1. The summed E-state index contributed by atoms with van der Waals surface area (Å²) in [4.78, 5) is 40.1. The summed E-state index contributed by atoms with van der Waals surface area (Å²) in [6.45, 7) is 6.43. The minimum Gasteiger partial charge on any atom is -0.510 e. The number of hydrogen-bond acceptors (Lipinski definition) is 9. The van der Waals surface area contributed by atoms with E-state index in [1.807, 2.05) is 0 Å². The first kappa shape index (κ1) is 22.7. The molecular weight excluding hydrogens is 412 g/mol. The molecule has 1 heterocycles. The Bertz CT molecular complexity index is 1050. The number of carbonyl (C=O) groups is 3. The molecule has 11 heteroatoms. The highest BCUT2D eigenvalue weighted by Crippen LogP contribution is 2.25. The Kier molecular flexibility index (Phi) is 7.37. The number of nitrogens with zero attached hydrogens (tertiary/aromatic N) is 3. The molecule has 0 unspecified atom stereocenters. The second-order valence-electron chi connectivity index (χ2n) is 6.07. The van der Waals surface area contributed by atoms with Crippen molar-refractivity contribution in [2.75, 3.05) is 11.9 Å². The number of aromatic carboxylic acids is 1. The van der Waals surface area contributed by atoms with Gasteiger partial charge >= 0.3 is 11.9 Å². The van der Waals surface area contributed by atoms with Gasteiger partial charge in [0.15, 0.2) is 10.8 Å². The Morgan fingerprint density at radius 3 is 2.53 bits per heavy atom. The number of thiazole rings is 1. The Balaban J connectivity index is 2.26. The molecule has 0 saturated heterocycles. The van der Waals surface area contributed by atoms with E-state index in [2.05, 4.69) is 20.5 Å². The molecular formula is C19H20N4O6S. The van der Waals surface area contributed by atoms with E-state index in [4.69, 9.17) is 4.74 Å². The summed E-state index contributed by atoms with van der Waals surface area (Å²) in [7, 11) is 0. The third-order valence-corrected chi connectivity index (χ3v) is 4.73. The van der Waals surface area contributed by atoms with Crippen molar-refractivity contribution in [3.8, 4) is 0 Å². The Hall–Kier alpha value is -3.60. The van der Waals surface area contributed by atoms with Gasteiger partial charge < -0.3 is 14.9 Å². The molecule has 158 valence electrons. The number of azo groups is 1. The molecule has 1 aromatic heterocycles. The van der Waals surface area contributed by atoms with Crippen LogP contribution in [0.25, 0.3) is 0 Å². The maximum absolute atomic E-state index is 12.5. The zero-order chi connectivity index (χ0) is 22.4.